The smallest absolute Gasteiger partial charge is 0.320 e. The summed E-state index contributed by atoms with van der Waals surface area (Å²) < 4.78 is 3.89. The van der Waals surface area contributed by atoms with Crippen molar-refractivity contribution in [3.63, 3.8) is 0 Å². The van der Waals surface area contributed by atoms with Gasteiger partial charge in [-0.1, -0.05) is 6.07 Å². The van der Waals surface area contributed by atoms with Crippen molar-refractivity contribution in [2.45, 2.75) is 19.9 Å². The number of hydrogen-bond donors (Lipinski definition) is 2. The summed E-state index contributed by atoms with van der Waals surface area (Å²) in [5.74, 6) is 0.496. The third-order valence-corrected chi connectivity index (χ3v) is 4.41. The van der Waals surface area contributed by atoms with Crippen LogP contribution in [-0.2, 0) is 13.0 Å². The second-order valence-corrected chi connectivity index (χ2v) is 6.38. The summed E-state index contributed by atoms with van der Waals surface area (Å²) in [7, 11) is 0. The molecule has 28 heavy (non-hydrogen) atoms. The van der Waals surface area contributed by atoms with E-state index in [-0.39, 0.29) is 6.03 Å². The third-order valence-electron chi connectivity index (χ3n) is 4.41. The molecule has 0 aliphatic heterocycles. The van der Waals surface area contributed by atoms with Crippen molar-refractivity contribution >= 4 is 17.5 Å². The Labute approximate surface area is 162 Å². The number of aromatic nitrogens is 5. The first-order chi connectivity index (χ1) is 13.7. The van der Waals surface area contributed by atoms with Gasteiger partial charge >= 0.3 is 6.03 Å². The van der Waals surface area contributed by atoms with Crippen LogP contribution in [0.1, 0.15) is 12.6 Å². The van der Waals surface area contributed by atoms with Crippen LogP contribution in [0, 0.1) is 0 Å². The summed E-state index contributed by atoms with van der Waals surface area (Å²) >= 11 is 0. The summed E-state index contributed by atoms with van der Waals surface area (Å²) in [5, 5.41) is 5.60. The van der Waals surface area contributed by atoms with Gasteiger partial charge in [0.25, 0.3) is 0 Å². The molecule has 4 heterocycles. The van der Waals surface area contributed by atoms with Crippen LogP contribution in [0.2, 0.25) is 0 Å². The fourth-order valence-corrected chi connectivity index (χ4v) is 2.93. The minimum Gasteiger partial charge on any atom is -0.337 e. The van der Waals surface area contributed by atoms with E-state index in [1.807, 2.05) is 51.8 Å². The maximum absolute atomic E-state index is 12.1. The van der Waals surface area contributed by atoms with Gasteiger partial charge in [-0.3, -0.25) is 10.3 Å². The molecule has 2 N–H and O–H groups in total. The average molecular weight is 375 g/mol. The van der Waals surface area contributed by atoms with Crippen molar-refractivity contribution < 1.29 is 4.79 Å². The van der Waals surface area contributed by atoms with Crippen molar-refractivity contribution in [1.82, 2.24) is 29.2 Å². The van der Waals surface area contributed by atoms with Crippen molar-refractivity contribution in [1.29, 1.82) is 0 Å². The molecule has 0 atom stereocenters. The molecule has 4 aromatic rings. The number of aryl methyl sites for hydroxylation is 1. The first kappa shape index (κ1) is 17.7. The van der Waals surface area contributed by atoms with Crippen LogP contribution in [0.3, 0.4) is 0 Å². The predicted molar refractivity (Wildman–Crippen MR) is 107 cm³/mol. The van der Waals surface area contributed by atoms with Gasteiger partial charge in [-0.05, 0) is 30.7 Å². The summed E-state index contributed by atoms with van der Waals surface area (Å²) in [4.78, 5) is 25.0. The molecular weight excluding hydrogens is 354 g/mol. The molecule has 2 amide bonds. The maximum Gasteiger partial charge on any atom is 0.320 e. The fraction of sp³-hybridized carbons (Fsp3) is 0.200. The minimum atomic E-state index is -0.286. The van der Waals surface area contributed by atoms with Crippen LogP contribution in [0.25, 0.3) is 16.8 Å². The molecule has 0 unspecified atom stereocenters. The summed E-state index contributed by atoms with van der Waals surface area (Å²) in [6.45, 7) is 3.45. The van der Waals surface area contributed by atoms with Crippen LogP contribution >= 0.6 is 0 Å². The number of carbonyl (C=O) groups excluding carboxylic acids is 1. The van der Waals surface area contributed by atoms with Crippen LogP contribution in [0.5, 0.6) is 0 Å². The SMILES string of the molecule is CCn1cnc(CCNC(=O)Nc2cn3cc(-c4cccnc4)ccc3n2)c1. The number of nitrogens with one attached hydrogen (secondary N) is 2. The lowest BCUT2D eigenvalue weighted by atomic mass is 10.1. The molecular formula is C20H21N7O. The number of imidazole rings is 2. The Morgan fingerprint density at radius 2 is 2.07 bits per heavy atom. The van der Waals surface area contributed by atoms with Crippen LogP contribution in [-0.4, -0.2) is 36.5 Å². The Morgan fingerprint density at radius 1 is 1.14 bits per heavy atom. The molecule has 8 heteroatoms. The van der Waals surface area contributed by atoms with Gasteiger partial charge in [0.05, 0.1) is 18.2 Å². The standard InChI is InChI=1S/C20H21N7O/c1-2-26-12-17(23-14-26)7-9-22-20(28)25-18-13-27-11-16(5-6-19(27)24-18)15-4-3-8-21-10-15/h3-6,8,10-14H,2,7,9H2,1H3,(H2,22,25,28). The lowest BCUT2D eigenvalue weighted by molar-refractivity contribution is 0.252. The van der Waals surface area contributed by atoms with Crippen molar-refractivity contribution in [2.24, 2.45) is 0 Å². The normalized spacial score (nSPS) is 10.9. The van der Waals surface area contributed by atoms with E-state index in [1.165, 1.54) is 0 Å². The number of amides is 2. The Kier molecular flexibility index (Phi) is 5.01. The average Bonchev–Trinajstić information content (AvgIpc) is 3.34. The van der Waals surface area contributed by atoms with Gasteiger partial charge in [0.2, 0.25) is 0 Å². The molecule has 0 saturated heterocycles. The van der Waals surface area contributed by atoms with E-state index in [4.69, 9.17) is 0 Å². The van der Waals surface area contributed by atoms with Crippen molar-refractivity contribution in [2.75, 3.05) is 11.9 Å². The number of fused-ring (bicyclic) bond motifs is 1. The van der Waals surface area contributed by atoms with Gasteiger partial charge in [0.1, 0.15) is 5.65 Å². The second-order valence-electron chi connectivity index (χ2n) is 6.38. The van der Waals surface area contributed by atoms with Crippen molar-refractivity contribution in [3.8, 4) is 11.1 Å². The predicted octanol–water partition coefficient (Wildman–Crippen LogP) is 2.98. The van der Waals surface area contributed by atoms with Gasteiger partial charge in [-0.2, -0.15) is 0 Å². The molecule has 8 nitrogen and oxygen atoms in total. The van der Waals surface area contributed by atoms with Gasteiger partial charge < -0.3 is 14.3 Å². The van der Waals surface area contributed by atoms with E-state index in [1.54, 1.807) is 18.7 Å². The summed E-state index contributed by atoms with van der Waals surface area (Å²) in [5.41, 5.74) is 3.77. The molecule has 0 bridgehead atoms. The molecule has 0 radical (unpaired) electrons. The lowest BCUT2D eigenvalue weighted by Crippen LogP contribution is -2.30. The highest BCUT2D eigenvalue weighted by Crippen LogP contribution is 2.20. The number of hydrogen-bond acceptors (Lipinski definition) is 4. The maximum atomic E-state index is 12.1. The Hall–Kier alpha value is -3.68. The zero-order chi connectivity index (χ0) is 19.3. The zero-order valence-corrected chi connectivity index (χ0v) is 15.5. The minimum absolute atomic E-state index is 0.286. The van der Waals surface area contributed by atoms with E-state index in [0.717, 1.165) is 29.0 Å². The largest absolute Gasteiger partial charge is 0.337 e. The van der Waals surface area contributed by atoms with E-state index in [2.05, 4.69) is 32.5 Å². The molecule has 0 aliphatic carbocycles. The highest BCUT2D eigenvalue weighted by molar-refractivity contribution is 5.88. The summed E-state index contributed by atoms with van der Waals surface area (Å²) in [6.07, 6.45) is 11.8. The van der Waals surface area contributed by atoms with E-state index in [0.29, 0.717) is 18.8 Å². The first-order valence-electron chi connectivity index (χ1n) is 9.16. The van der Waals surface area contributed by atoms with Crippen molar-refractivity contribution in [3.05, 3.63) is 67.3 Å². The Morgan fingerprint density at radius 3 is 2.86 bits per heavy atom. The Balaban J connectivity index is 1.36. The topological polar surface area (TPSA) is 89.1 Å². The van der Waals surface area contributed by atoms with Gasteiger partial charge in [0.15, 0.2) is 5.82 Å². The molecule has 0 spiro atoms. The van der Waals surface area contributed by atoms with Crippen LogP contribution < -0.4 is 10.6 Å². The third kappa shape index (κ3) is 4.01. The quantitative estimate of drug-likeness (QED) is 0.542. The van der Waals surface area contributed by atoms with E-state index < -0.39 is 0 Å². The Bertz CT molecular complexity index is 1080. The molecule has 0 saturated carbocycles. The first-order valence-corrected chi connectivity index (χ1v) is 9.16. The van der Waals surface area contributed by atoms with E-state index in [9.17, 15) is 4.79 Å². The molecule has 4 rings (SSSR count). The number of pyridine rings is 2. The summed E-state index contributed by atoms with van der Waals surface area (Å²) in [6, 6.07) is 7.51. The van der Waals surface area contributed by atoms with Crippen LogP contribution in [0.4, 0.5) is 10.6 Å². The number of anilines is 1. The number of urea groups is 1. The molecule has 0 aromatic carbocycles. The molecule has 0 aliphatic rings. The highest BCUT2D eigenvalue weighted by atomic mass is 16.2. The monoisotopic (exact) mass is 375 g/mol. The van der Waals surface area contributed by atoms with Crippen LogP contribution in [0.15, 0.2) is 61.6 Å². The van der Waals surface area contributed by atoms with Gasteiger partial charge in [-0.25, -0.2) is 14.8 Å². The highest BCUT2D eigenvalue weighted by Gasteiger charge is 2.07. The molecule has 0 fully saturated rings. The van der Waals surface area contributed by atoms with Gasteiger partial charge in [-0.15, -0.1) is 0 Å². The number of nitrogens with zero attached hydrogens (tertiary/aromatic N) is 5. The lowest BCUT2D eigenvalue weighted by Gasteiger charge is -2.04. The van der Waals surface area contributed by atoms with E-state index >= 15 is 0 Å². The number of rotatable bonds is 6. The molecule has 142 valence electrons. The second kappa shape index (κ2) is 7.91. The fourth-order valence-electron chi connectivity index (χ4n) is 2.93. The van der Waals surface area contributed by atoms with Gasteiger partial charge in [0, 0.05) is 49.9 Å². The molecule has 4 aromatic heterocycles. The zero-order valence-electron chi connectivity index (χ0n) is 15.5. The number of carbonyl (C=O) groups is 1.